The first-order chi connectivity index (χ1) is 14.8. The van der Waals surface area contributed by atoms with Gasteiger partial charge < -0.3 is 5.11 Å². The van der Waals surface area contributed by atoms with Gasteiger partial charge in [-0.05, 0) is 80.3 Å². The molecule has 3 aromatic rings. The lowest BCUT2D eigenvalue weighted by molar-refractivity contribution is -0.132. The van der Waals surface area contributed by atoms with Gasteiger partial charge in [-0.15, -0.1) is 0 Å². The number of pyridine rings is 1. The second kappa shape index (κ2) is 7.84. The van der Waals surface area contributed by atoms with Crippen LogP contribution in [0.5, 0.6) is 0 Å². The van der Waals surface area contributed by atoms with E-state index in [2.05, 4.69) is 4.98 Å². The molecule has 0 saturated carbocycles. The number of anilines is 1. The van der Waals surface area contributed by atoms with Crippen LogP contribution in [0.15, 0.2) is 66.5 Å². The Morgan fingerprint density at radius 2 is 1.55 bits per heavy atom. The van der Waals surface area contributed by atoms with E-state index in [1.165, 1.54) is 4.90 Å². The zero-order chi connectivity index (χ0) is 22.3. The Kier molecular flexibility index (Phi) is 5.19. The van der Waals surface area contributed by atoms with Crippen LogP contribution in [0.4, 0.5) is 5.69 Å². The van der Waals surface area contributed by atoms with E-state index in [1.807, 2.05) is 64.1 Å². The topological polar surface area (TPSA) is 70.5 Å². The highest BCUT2D eigenvalue weighted by molar-refractivity contribution is 6.51. The number of aliphatic hydroxyl groups is 1. The Morgan fingerprint density at radius 1 is 0.871 bits per heavy atom. The summed E-state index contributed by atoms with van der Waals surface area (Å²) in [6.07, 6.45) is 3.24. The van der Waals surface area contributed by atoms with Crippen LogP contribution in [0.3, 0.4) is 0 Å². The van der Waals surface area contributed by atoms with E-state index >= 15 is 0 Å². The molecular weight excluding hydrogens is 388 g/mol. The van der Waals surface area contributed by atoms with Gasteiger partial charge in [0.1, 0.15) is 5.76 Å². The molecule has 1 unspecified atom stereocenters. The van der Waals surface area contributed by atoms with Gasteiger partial charge in [0.2, 0.25) is 0 Å². The third-order valence-corrected chi connectivity index (χ3v) is 5.88. The van der Waals surface area contributed by atoms with Crippen LogP contribution in [0.25, 0.3) is 5.76 Å². The van der Waals surface area contributed by atoms with E-state index in [4.69, 9.17) is 0 Å². The van der Waals surface area contributed by atoms with Gasteiger partial charge in [-0.2, -0.15) is 0 Å². The molecule has 1 N–H and O–H groups in total. The van der Waals surface area contributed by atoms with Crippen LogP contribution in [0, 0.1) is 27.7 Å². The number of ketones is 1. The van der Waals surface area contributed by atoms with Crippen molar-refractivity contribution < 1.29 is 14.7 Å². The van der Waals surface area contributed by atoms with Crippen molar-refractivity contribution in [2.75, 3.05) is 4.90 Å². The molecule has 1 amide bonds. The standard InChI is InChI=1S/C26H24N2O3/c1-15-5-6-17(3)21(13-15)24(29)22-23(19-9-11-27-12-10-19)28(26(31)25(22)30)20-8-7-16(2)18(4)14-20/h5-14,23,29H,1-4H3/b24-22+. The van der Waals surface area contributed by atoms with Crippen molar-refractivity contribution in [2.24, 2.45) is 0 Å². The number of hydrogen-bond donors (Lipinski definition) is 1. The number of carbonyl (C=O) groups excluding carboxylic acids is 2. The third kappa shape index (κ3) is 3.52. The SMILES string of the molecule is Cc1ccc(C)c(/C(O)=C2\C(=O)C(=O)N(c3ccc(C)c(C)c3)C2c2ccncc2)c1. The van der Waals surface area contributed by atoms with Gasteiger partial charge in [0.15, 0.2) is 0 Å². The molecular formula is C26H24N2O3. The quantitative estimate of drug-likeness (QED) is 0.376. The van der Waals surface area contributed by atoms with Crippen LogP contribution in [0.2, 0.25) is 0 Å². The van der Waals surface area contributed by atoms with Crippen molar-refractivity contribution in [2.45, 2.75) is 33.7 Å². The first-order valence-electron chi connectivity index (χ1n) is 10.2. The number of benzene rings is 2. The lowest BCUT2D eigenvalue weighted by Gasteiger charge is -2.26. The summed E-state index contributed by atoms with van der Waals surface area (Å²) in [4.78, 5) is 31.9. The highest BCUT2D eigenvalue weighted by Gasteiger charge is 2.47. The minimum atomic E-state index is -0.745. The Labute approximate surface area is 181 Å². The Balaban J connectivity index is 1.98. The number of rotatable bonds is 3. The summed E-state index contributed by atoms with van der Waals surface area (Å²) in [5.41, 5.74) is 5.86. The molecule has 0 radical (unpaired) electrons. The first kappa shape index (κ1) is 20.5. The minimum absolute atomic E-state index is 0.0862. The van der Waals surface area contributed by atoms with E-state index in [1.54, 1.807) is 24.5 Å². The summed E-state index contributed by atoms with van der Waals surface area (Å²) >= 11 is 0. The second-order valence-corrected chi connectivity index (χ2v) is 8.04. The van der Waals surface area contributed by atoms with Crippen LogP contribution in [-0.2, 0) is 9.59 Å². The number of amides is 1. The molecule has 0 aliphatic carbocycles. The van der Waals surface area contributed by atoms with Gasteiger partial charge in [-0.25, -0.2) is 0 Å². The summed E-state index contributed by atoms with van der Waals surface area (Å²) in [5.74, 6) is -1.51. The zero-order valence-corrected chi connectivity index (χ0v) is 18.0. The number of aliphatic hydroxyl groups excluding tert-OH is 1. The van der Waals surface area contributed by atoms with Crippen molar-refractivity contribution in [3.05, 3.63) is 99.9 Å². The van der Waals surface area contributed by atoms with Gasteiger partial charge in [0.25, 0.3) is 11.7 Å². The van der Waals surface area contributed by atoms with Crippen molar-refractivity contribution in [1.82, 2.24) is 4.98 Å². The number of Topliss-reactive ketones (excluding diaryl/α,β-unsaturated/α-hetero) is 1. The van der Waals surface area contributed by atoms with Gasteiger partial charge in [-0.1, -0.05) is 23.8 Å². The predicted octanol–water partition coefficient (Wildman–Crippen LogP) is 4.94. The van der Waals surface area contributed by atoms with Crippen molar-refractivity contribution >= 4 is 23.1 Å². The van der Waals surface area contributed by atoms with E-state index in [0.717, 1.165) is 22.3 Å². The molecule has 5 nitrogen and oxygen atoms in total. The number of aromatic nitrogens is 1. The maximum atomic E-state index is 13.2. The maximum absolute atomic E-state index is 13.2. The maximum Gasteiger partial charge on any atom is 0.300 e. The summed E-state index contributed by atoms with van der Waals surface area (Å²) in [5, 5.41) is 11.3. The molecule has 0 bridgehead atoms. The normalized spacial score (nSPS) is 17.9. The monoisotopic (exact) mass is 412 g/mol. The summed E-state index contributed by atoms with van der Waals surface area (Å²) < 4.78 is 0. The van der Waals surface area contributed by atoms with Gasteiger partial charge in [-0.3, -0.25) is 19.5 Å². The van der Waals surface area contributed by atoms with Crippen LogP contribution in [0.1, 0.15) is 39.4 Å². The summed E-state index contributed by atoms with van der Waals surface area (Å²) in [6, 6.07) is 14.1. The summed E-state index contributed by atoms with van der Waals surface area (Å²) in [6.45, 7) is 7.75. The highest BCUT2D eigenvalue weighted by Crippen LogP contribution is 2.42. The number of carbonyl (C=O) groups is 2. The van der Waals surface area contributed by atoms with E-state index in [9.17, 15) is 14.7 Å². The van der Waals surface area contributed by atoms with Crippen molar-refractivity contribution in [3.63, 3.8) is 0 Å². The van der Waals surface area contributed by atoms with Gasteiger partial charge >= 0.3 is 0 Å². The molecule has 2 aromatic carbocycles. The molecule has 1 aromatic heterocycles. The molecule has 31 heavy (non-hydrogen) atoms. The predicted molar refractivity (Wildman–Crippen MR) is 121 cm³/mol. The largest absolute Gasteiger partial charge is 0.507 e. The molecule has 4 rings (SSSR count). The Hall–Kier alpha value is -3.73. The third-order valence-electron chi connectivity index (χ3n) is 5.88. The molecule has 156 valence electrons. The van der Waals surface area contributed by atoms with Gasteiger partial charge in [0, 0.05) is 23.6 Å². The average Bonchev–Trinajstić information content (AvgIpc) is 3.03. The van der Waals surface area contributed by atoms with Crippen molar-refractivity contribution in [1.29, 1.82) is 0 Å². The fourth-order valence-corrected chi connectivity index (χ4v) is 3.97. The van der Waals surface area contributed by atoms with E-state index in [0.29, 0.717) is 16.8 Å². The first-order valence-corrected chi connectivity index (χ1v) is 10.2. The zero-order valence-electron chi connectivity index (χ0n) is 18.0. The number of hydrogen-bond acceptors (Lipinski definition) is 4. The molecule has 1 saturated heterocycles. The molecule has 1 atom stereocenters. The van der Waals surface area contributed by atoms with E-state index < -0.39 is 17.7 Å². The molecule has 1 aliphatic rings. The lowest BCUT2D eigenvalue weighted by atomic mass is 9.93. The van der Waals surface area contributed by atoms with Gasteiger partial charge in [0.05, 0.1) is 11.6 Å². The van der Waals surface area contributed by atoms with E-state index in [-0.39, 0.29) is 11.3 Å². The molecule has 1 aliphatic heterocycles. The Bertz CT molecular complexity index is 1230. The average molecular weight is 412 g/mol. The minimum Gasteiger partial charge on any atom is -0.507 e. The molecule has 2 heterocycles. The van der Waals surface area contributed by atoms with Crippen LogP contribution < -0.4 is 4.90 Å². The van der Waals surface area contributed by atoms with Crippen molar-refractivity contribution in [3.8, 4) is 0 Å². The molecule has 0 spiro atoms. The number of aryl methyl sites for hydroxylation is 4. The summed E-state index contributed by atoms with van der Waals surface area (Å²) in [7, 11) is 0. The highest BCUT2D eigenvalue weighted by atomic mass is 16.3. The molecule has 1 fully saturated rings. The van der Waals surface area contributed by atoms with Crippen LogP contribution >= 0.6 is 0 Å². The fraction of sp³-hybridized carbons (Fsp3) is 0.192. The second-order valence-electron chi connectivity index (χ2n) is 8.04. The number of nitrogens with zero attached hydrogens (tertiary/aromatic N) is 2. The van der Waals surface area contributed by atoms with Crippen LogP contribution in [-0.4, -0.2) is 21.8 Å². The molecule has 5 heteroatoms. The fourth-order valence-electron chi connectivity index (χ4n) is 3.97. The smallest absolute Gasteiger partial charge is 0.300 e. The Morgan fingerprint density at radius 3 is 2.23 bits per heavy atom. The lowest BCUT2D eigenvalue weighted by Crippen LogP contribution is -2.29.